The number of pyridine rings is 1. The van der Waals surface area contributed by atoms with Gasteiger partial charge in [-0.15, -0.1) is 0 Å². The molecule has 2 aromatic heterocycles. The molecule has 0 amide bonds. The van der Waals surface area contributed by atoms with Crippen LogP contribution in [0.5, 0.6) is 0 Å². The number of aliphatic hydroxyl groups excluding tert-OH is 1. The first-order chi connectivity index (χ1) is 12.7. The number of aryl methyl sites for hydroxylation is 1. The molecular weight excluding hydrogens is 330 g/mol. The molecule has 7 heteroatoms. The number of anilines is 1. The average Bonchev–Trinajstić information content (AvgIpc) is 3.27. The lowest BCUT2D eigenvalue weighted by Gasteiger charge is -2.34. The Morgan fingerprint density at radius 2 is 2.12 bits per heavy atom. The molecule has 26 heavy (non-hydrogen) atoms. The Balaban J connectivity index is 1.24. The van der Waals surface area contributed by atoms with E-state index in [1.54, 1.807) is 0 Å². The maximum Gasteiger partial charge on any atom is 0.229 e. The topological polar surface area (TPSA) is 87.3 Å². The van der Waals surface area contributed by atoms with E-state index in [4.69, 9.17) is 4.52 Å². The second-order valence-electron chi connectivity index (χ2n) is 7.53. The van der Waals surface area contributed by atoms with E-state index in [9.17, 15) is 5.11 Å². The molecule has 140 valence electrons. The first-order valence-electron chi connectivity index (χ1n) is 9.56. The van der Waals surface area contributed by atoms with Gasteiger partial charge in [0.25, 0.3) is 0 Å². The van der Waals surface area contributed by atoms with Crippen molar-refractivity contribution in [1.82, 2.24) is 20.4 Å². The highest BCUT2D eigenvalue weighted by atomic mass is 16.5. The molecule has 1 saturated carbocycles. The van der Waals surface area contributed by atoms with E-state index in [1.807, 2.05) is 25.3 Å². The van der Waals surface area contributed by atoms with Gasteiger partial charge in [-0.2, -0.15) is 4.98 Å². The molecule has 0 spiro atoms. The lowest BCUT2D eigenvalue weighted by Crippen LogP contribution is -2.44. The van der Waals surface area contributed by atoms with E-state index < -0.39 is 0 Å². The normalized spacial score (nSPS) is 27.2. The fourth-order valence-electron chi connectivity index (χ4n) is 4.17. The summed E-state index contributed by atoms with van der Waals surface area (Å²) in [6, 6.07) is 6.57. The smallest absolute Gasteiger partial charge is 0.229 e. The highest BCUT2D eigenvalue weighted by Crippen LogP contribution is 2.37. The van der Waals surface area contributed by atoms with Crippen LogP contribution >= 0.6 is 0 Å². The van der Waals surface area contributed by atoms with Gasteiger partial charge in [-0.1, -0.05) is 11.2 Å². The van der Waals surface area contributed by atoms with Gasteiger partial charge in [-0.3, -0.25) is 0 Å². The van der Waals surface area contributed by atoms with Crippen molar-refractivity contribution in [3.63, 3.8) is 0 Å². The minimum Gasteiger partial charge on any atom is -0.393 e. The van der Waals surface area contributed by atoms with Crippen molar-refractivity contribution in [3.8, 4) is 0 Å². The van der Waals surface area contributed by atoms with Gasteiger partial charge < -0.3 is 19.8 Å². The Labute approximate surface area is 153 Å². The fourth-order valence-corrected chi connectivity index (χ4v) is 4.17. The predicted octanol–water partition coefficient (Wildman–Crippen LogP) is 1.89. The molecule has 1 aliphatic carbocycles. The van der Waals surface area contributed by atoms with Crippen molar-refractivity contribution < 1.29 is 9.63 Å². The standard InChI is InChI=1S/C19H27N5O2/c1-13-22-19(26-23-13)14-10-15(17(25)11-14)12-21-16-5-8-24(9-6-16)18-4-2-3-7-20-18/h2-4,7,14-17,21,25H,5-6,8-12H2,1H3/t14-,15+,17+/m0/s1. The zero-order valence-corrected chi connectivity index (χ0v) is 15.2. The van der Waals surface area contributed by atoms with Gasteiger partial charge in [-0.25, -0.2) is 4.98 Å². The molecule has 2 aliphatic rings. The summed E-state index contributed by atoms with van der Waals surface area (Å²) in [5, 5.41) is 17.9. The van der Waals surface area contributed by atoms with Crippen LogP contribution in [0.3, 0.4) is 0 Å². The van der Waals surface area contributed by atoms with Gasteiger partial charge in [0.15, 0.2) is 5.82 Å². The number of nitrogens with zero attached hydrogens (tertiary/aromatic N) is 4. The first-order valence-corrected chi connectivity index (χ1v) is 9.56. The van der Waals surface area contributed by atoms with Gasteiger partial charge in [-0.05, 0) is 50.7 Å². The Morgan fingerprint density at radius 3 is 2.81 bits per heavy atom. The zero-order valence-electron chi connectivity index (χ0n) is 15.2. The number of hydrogen-bond acceptors (Lipinski definition) is 7. The monoisotopic (exact) mass is 357 g/mol. The molecule has 2 N–H and O–H groups in total. The lowest BCUT2D eigenvalue weighted by atomic mass is 10.0. The van der Waals surface area contributed by atoms with Crippen molar-refractivity contribution in [2.75, 3.05) is 24.5 Å². The Morgan fingerprint density at radius 1 is 1.27 bits per heavy atom. The molecular formula is C19H27N5O2. The van der Waals surface area contributed by atoms with Crippen molar-refractivity contribution in [3.05, 3.63) is 36.1 Å². The van der Waals surface area contributed by atoms with Crippen molar-refractivity contribution in [2.24, 2.45) is 5.92 Å². The highest BCUT2D eigenvalue weighted by Gasteiger charge is 2.36. The molecule has 1 aliphatic heterocycles. The van der Waals surface area contributed by atoms with Crippen molar-refractivity contribution in [2.45, 2.75) is 50.7 Å². The predicted molar refractivity (Wildman–Crippen MR) is 98.0 cm³/mol. The molecule has 0 unspecified atom stereocenters. The van der Waals surface area contributed by atoms with Gasteiger partial charge in [0.2, 0.25) is 5.89 Å². The first kappa shape index (κ1) is 17.4. The van der Waals surface area contributed by atoms with Crippen LogP contribution in [0.1, 0.15) is 43.3 Å². The maximum atomic E-state index is 10.4. The summed E-state index contributed by atoms with van der Waals surface area (Å²) in [5.41, 5.74) is 0. The molecule has 0 bridgehead atoms. The number of aromatic nitrogens is 3. The van der Waals surface area contributed by atoms with E-state index in [-0.39, 0.29) is 17.9 Å². The Hall–Kier alpha value is -1.99. The third kappa shape index (κ3) is 3.88. The van der Waals surface area contributed by atoms with E-state index in [2.05, 4.69) is 31.4 Å². The summed E-state index contributed by atoms with van der Waals surface area (Å²) in [6.45, 7) is 4.71. The molecule has 1 saturated heterocycles. The SMILES string of the molecule is Cc1noc([C@H]2C[C@H](CNC3CCN(c4ccccn4)CC3)[C@H](O)C2)n1. The van der Waals surface area contributed by atoms with Gasteiger partial charge in [0.05, 0.1) is 6.10 Å². The molecule has 3 heterocycles. The third-order valence-electron chi connectivity index (χ3n) is 5.69. The molecule has 0 aromatic carbocycles. The van der Waals surface area contributed by atoms with Crippen LogP contribution in [0.15, 0.2) is 28.9 Å². The second-order valence-corrected chi connectivity index (χ2v) is 7.53. The number of rotatable bonds is 5. The second kappa shape index (κ2) is 7.72. The summed E-state index contributed by atoms with van der Waals surface area (Å²) in [4.78, 5) is 11.1. The minimum atomic E-state index is -0.298. The van der Waals surface area contributed by atoms with Crippen LogP contribution < -0.4 is 10.2 Å². The third-order valence-corrected chi connectivity index (χ3v) is 5.69. The molecule has 3 atom stereocenters. The van der Waals surface area contributed by atoms with Crippen molar-refractivity contribution in [1.29, 1.82) is 0 Å². The summed E-state index contributed by atoms with van der Waals surface area (Å²) < 4.78 is 5.29. The summed E-state index contributed by atoms with van der Waals surface area (Å²) in [6.07, 6.45) is 5.38. The fraction of sp³-hybridized carbons (Fsp3) is 0.632. The summed E-state index contributed by atoms with van der Waals surface area (Å²) >= 11 is 0. The van der Waals surface area contributed by atoms with Crippen LogP contribution in [0.25, 0.3) is 0 Å². The summed E-state index contributed by atoms with van der Waals surface area (Å²) in [7, 11) is 0. The van der Waals surface area contributed by atoms with Gasteiger partial charge in [0.1, 0.15) is 5.82 Å². The number of hydrogen-bond donors (Lipinski definition) is 2. The summed E-state index contributed by atoms with van der Waals surface area (Å²) in [5.74, 6) is 2.84. The van der Waals surface area contributed by atoms with E-state index >= 15 is 0 Å². The number of nitrogens with one attached hydrogen (secondary N) is 1. The lowest BCUT2D eigenvalue weighted by molar-refractivity contribution is 0.128. The number of piperidine rings is 1. The van der Waals surface area contributed by atoms with Crippen LogP contribution in [0.4, 0.5) is 5.82 Å². The van der Waals surface area contributed by atoms with Gasteiger partial charge >= 0.3 is 0 Å². The molecule has 0 radical (unpaired) electrons. The molecule has 4 rings (SSSR count). The van der Waals surface area contributed by atoms with Crippen LogP contribution in [-0.4, -0.2) is 52.0 Å². The maximum absolute atomic E-state index is 10.4. The van der Waals surface area contributed by atoms with Crippen LogP contribution in [-0.2, 0) is 0 Å². The molecule has 7 nitrogen and oxygen atoms in total. The molecule has 2 aromatic rings. The Kier molecular flexibility index (Phi) is 5.17. The van der Waals surface area contributed by atoms with Crippen LogP contribution in [0, 0.1) is 12.8 Å². The minimum absolute atomic E-state index is 0.184. The average molecular weight is 357 g/mol. The van der Waals surface area contributed by atoms with E-state index in [1.165, 1.54) is 0 Å². The zero-order chi connectivity index (χ0) is 17.9. The molecule has 2 fully saturated rings. The largest absolute Gasteiger partial charge is 0.393 e. The van der Waals surface area contributed by atoms with Gasteiger partial charge in [0, 0.05) is 37.8 Å². The van der Waals surface area contributed by atoms with Crippen molar-refractivity contribution >= 4 is 5.82 Å². The number of aliphatic hydroxyl groups is 1. The Bertz CT molecular complexity index is 699. The van der Waals surface area contributed by atoms with Crippen LogP contribution in [0.2, 0.25) is 0 Å². The highest BCUT2D eigenvalue weighted by molar-refractivity contribution is 5.38. The quantitative estimate of drug-likeness (QED) is 0.845. The van der Waals surface area contributed by atoms with E-state index in [0.29, 0.717) is 24.2 Å². The van der Waals surface area contributed by atoms with E-state index in [0.717, 1.165) is 44.7 Å².